The Balaban J connectivity index is 1.71. The quantitative estimate of drug-likeness (QED) is 0.901. The molecule has 0 bridgehead atoms. The molecule has 0 radical (unpaired) electrons. The number of carbonyl (C=O) groups excluding carboxylic acids is 1. The zero-order chi connectivity index (χ0) is 14.8. The molecule has 3 rings (SSSR count). The third kappa shape index (κ3) is 2.97. The van der Waals surface area contributed by atoms with Crippen molar-refractivity contribution in [2.45, 2.75) is 31.8 Å². The number of fused-ring (bicyclic) bond motifs is 1. The van der Waals surface area contributed by atoms with Gasteiger partial charge in [-0.3, -0.25) is 4.79 Å². The predicted octanol–water partition coefficient (Wildman–Crippen LogP) is 1.70. The third-order valence-corrected chi connectivity index (χ3v) is 5.04. The van der Waals surface area contributed by atoms with Crippen molar-refractivity contribution in [3.63, 3.8) is 0 Å². The standard InChI is InChI=1S/C17H25N3O/c1-19-8-3-6-15-12-20(9-7-16(15)19)17(21)14-5-2-4-13(10-14)11-18/h2,4-5,10,15-16H,3,6-9,11-12,18H2,1H3. The maximum Gasteiger partial charge on any atom is 0.253 e. The van der Waals surface area contributed by atoms with Crippen molar-refractivity contribution < 1.29 is 4.79 Å². The second kappa shape index (κ2) is 6.16. The summed E-state index contributed by atoms with van der Waals surface area (Å²) in [6.07, 6.45) is 3.60. The summed E-state index contributed by atoms with van der Waals surface area (Å²) in [5, 5.41) is 0. The SMILES string of the molecule is CN1CCCC2CN(C(=O)c3cccc(CN)c3)CCC21. The summed E-state index contributed by atoms with van der Waals surface area (Å²) in [5.41, 5.74) is 7.47. The molecule has 1 amide bonds. The molecule has 2 N–H and O–H groups in total. The Morgan fingerprint density at radius 2 is 2.19 bits per heavy atom. The largest absolute Gasteiger partial charge is 0.338 e. The second-order valence-electron chi connectivity index (χ2n) is 6.39. The summed E-state index contributed by atoms with van der Waals surface area (Å²) in [5.74, 6) is 0.802. The molecule has 2 aliphatic heterocycles. The van der Waals surface area contributed by atoms with E-state index in [-0.39, 0.29) is 5.91 Å². The molecule has 21 heavy (non-hydrogen) atoms. The highest BCUT2D eigenvalue weighted by molar-refractivity contribution is 5.94. The molecule has 4 nitrogen and oxygen atoms in total. The van der Waals surface area contributed by atoms with Crippen LogP contribution in [0.5, 0.6) is 0 Å². The highest BCUT2D eigenvalue weighted by Crippen LogP contribution is 2.30. The van der Waals surface area contributed by atoms with Crippen LogP contribution in [0, 0.1) is 5.92 Å². The number of nitrogens with two attached hydrogens (primary N) is 1. The number of likely N-dealkylation sites (tertiary alicyclic amines) is 2. The van der Waals surface area contributed by atoms with Crippen molar-refractivity contribution in [2.24, 2.45) is 11.7 Å². The van der Waals surface area contributed by atoms with Gasteiger partial charge in [-0.1, -0.05) is 12.1 Å². The second-order valence-corrected chi connectivity index (χ2v) is 6.39. The molecule has 2 saturated heterocycles. The van der Waals surface area contributed by atoms with Crippen LogP contribution >= 0.6 is 0 Å². The van der Waals surface area contributed by atoms with Gasteiger partial charge in [-0.15, -0.1) is 0 Å². The number of rotatable bonds is 2. The molecule has 2 atom stereocenters. The Morgan fingerprint density at radius 1 is 1.33 bits per heavy atom. The summed E-state index contributed by atoms with van der Waals surface area (Å²) in [7, 11) is 2.22. The maximum absolute atomic E-state index is 12.7. The van der Waals surface area contributed by atoms with Gasteiger partial charge in [0, 0.05) is 31.2 Å². The lowest BCUT2D eigenvalue weighted by molar-refractivity contribution is 0.0317. The zero-order valence-electron chi connectivity index (χ0n) is 12.8. The highest BCUT2D eigenvalue weighted by atomic mass is 16.2. The molecule has 2 heterocycles. The average molecular weight is 287 g/mol. The highest BCUT2D eigenvalue weighted by Gasteiger charge is 2.35. The van der Waals surface area contributed by atoms with Crippen molar-refractivity contribution in [1.82, 2.24) is 9.80 Å². The van der Waals surface area contributed by atoms with Gasteiger partial charge in [0.2, 0.25) is 0 Å². The van der Waals surface area contributed by atoms with E-state index in [2.05, 4.69) is 11.9 Å². The van der Waals surface area contributed by atoms with Crippen molar-refractivity contribution in [3.8, 4) is 0 Å². The molecular formula is C17H25N3O. The molecule has 0 aliphatic carbocycles. The van der Waals surface area contributed by atoms with E-state index in [1.54, 1.807) is 0 Å². The first-order valence-corrected chi connectivity index (χ1v) is 7.97. The van der Waals surface area contributed by atoms with Crippen LogP contribution in [0.25, 0.3) is 0 Å². The summed E-state index contributed by atoms with van der Waals surface area (Å²) < 4.78 is 0. The Kier molecular flexibility index (Phi) is 4.27. The van der Waals surface area contributed by atoms with E-state index in [0.717, 1.165) is 30.6 Å². The van der Waals surface area contributed by atoms with Gasteiger partial charge in [-0.25, -0.2) is 0 Å². The number of hydrogen-bond donors (Lipinski definition) is 1. The Bertz CT molecular complexity index is 517. The van der Waals surface area contributed by atoms with Gasteiger partial charge in [-0.2, -0.15) is 0 Å². The van der Waals surface area contributed by atoms with E-state index in [1.165, 1.54) is 19.4 Å². The van der Waals surface area contributed by atoms with Gasteiger partial charge in [0.25, 0.3) is 5.91 Å². The van der Waals surface area contributed by atoms with Gasteiger partial charge < -0.3 is 15.5 Å². The fraction of sp³-hybridized carbons (Fsp3) is 0.588. The van der Waals surface area contributed by atoms with Gasteiger partial charge in [0.05, 0.1) is 0 Å². The van der Waals surface area contributed by atoms with Crippen LogP contribution < -0.4 is 5.73 Å². The lowest BCUT2D eigenvalue weighted by atomic mass is 9.84. The number of carbonyl (C=O) groups is 1. The van der Waals surface area contributed by atoms with Crippen molar-refractivity contribution in [2.75, 3.05) is 26.7 Å². The smallest absolute Gasteiger partial charge is 0.253 e. The zero-order valence-corrected chi connectivity index (χ0v) is 12.8. The minimum atomic E-state index is 0.164. The normalized spacial score (nSPS) is 26.5. The fourth-order valence-corrected chi connectivity index (χ4v) is 3.85. The summed E-state index contributed by atoms with van der Waals surface area (Å²) in [6, 6.07) is 8.40. The number of hydrogen-bond acceptors (Lipinski definition) is 3. The monoisotopic (exact) mass is 287 g/mol. The molecule has 2 fully saturated rings. The number of amides is 1. The van der Waals surface area contributed by atoms with Crippen molar-refractivity contribution in [1.29, 1.82) is 0 Å². The number of nitrogens with zero attached hydrogens (tertiary/aromatic N) is 2. The Morgan fingerprint density at radius 3 is 3.00 bits per heavy atom. The average Bonchev–Trinajstić information content (AvgIpc) is 2.54. The predicted molar refractivity (Wildman–Crippen MR) is 84.0 cm³/mol. The first-order chi connectivity index (χ1) is 10.2. The maximum atomic E-state index is 12.7. The molecule has 1 aromatic rings. The molecular weight excluding hydrogens is 262 g/mol. The van der Waals surface area contributed by atoms with Crippen molar-refractivity contribution >= 4 is 5.91 Å². The Labute approximate surface area is 126 Å². The van der Waals surface area contributed by atoms with E-state index in [4.69, 9.17) is 5.73 Å². The minimum absolute atomic E-state index is 0.164. The van der Waals surface area contributed by atoms with Crippen LogP contribution in [0.15, 0.2) is 24.3 Å². The molecule has 2 unspecified atom stereocenters. The van der Waals surface area contributed by atoms with Gasteiger partial charge in [0.1, 0.15) is 0 Å². The van der Waals surface area contributed by atoms with Gasteiger partial charge in [-0.05, 0) is 56.5 Å². The molecule has 4 heteroatoms. The molecule has 114 valence electrons. The summed E-state index contributed by atoms with van der Waals surface area (Å²) >= 11 is 0. The molecule has 1 aromatic carbocycles. The molecule has 0 saturated carbocycles. The number of benzene rings is 1. The van der Waals surface area contributed by atoms with E-state index in [1.807, 2.05) is 29.2 Å². The van der Waals surface area contributed by atoms with Crippen molar-refractivity contribution in [3.05, 3.63) is 35.4 Å². The summed E-state index contributed by atoms with van der Waals surface area (Å²) in [4.78, 5) is 17.2. The topological polar surface area (TPSA) is 49.6 Å². The first-order valence-electron chi connectivity index (χ1n) is 7.97. The van der Waals surface area contributed by atoms with Crippen LogP contribution in [-0.2, 0) is 6.54 Å². The van der Waals surface area contributed by atoms with E-state index in [0.29, 0.717) is 18.5 Å². The van der Waals surface area contributed by atoms with E-state index < -0.39 is 0 Å². The van der Waals surface area contributed by atoms with Crippen LogP contribution in [-0.4, -0.2) is 48.4 Å². The van der Waals surface area contributed by atoms with E-state index in [9.17, 15) is 4.79 Å². The fourth-order valence-electron chi connectivity index (χ4n) is 3.85. The van der Waals surface area contributed by atoms with Gasteiger partial charge >= 0.3 is 0 Å². The van der Waals surface area contributed by atoms with E-state index >= 15 is 0 Å². The Hall–Kier alpha value is -1.39. The van der Waals surface area contributed by atoms with Crippen LogP contribution in [0.4, 0.5) is 0 Å². The summed E-state index contributed by atoms with van der Waals surface area (Å²) in [6.45, 7) is 3.46. The number of piperidine rings is 2. The van der Waals surface area contributed by atoms with Crippen LogP contribution in [0.2, 0.25) is 0 Å². The molecule has 2 aliphatic rings. The first kappa shape index (κ1) is 14.5. The lowest BCUT2D eigenvalue weighted by Gasteiger charge is -2.46. The lowest BCUT2D eigenvalue weighted by Crippen LogP contribution is -2.53. The van der Waals surface area contributed by atoms with Crippen LogP contribution in [0.1, 0.15) is 35.2 Å². The molecule has 0 aromatic heterocycles. The van der Waals surface area contributed by atoms with Gasteiger partial charge in [0.15, 0.2) is 0 Å². The minimum Gasteiger partial charge on any atom is -0.338 e. The molecule has 0 spiro atoms. The third-order valence-electron chi connectivity index (χ3n) is 5.04. The van der Waals surface area contributed by atoms with Crippen LogP contribution in [0.3, 0.4) is 0 Å².